The van der Waals surface area contributed by atoms with Crippen molar-refractivity contribution >= 4 is 17.1 Å². The van der Waals surface area contributed by atoms with Gasteiger partial charge in [0.15, 0.2) is 0 Å². The van der Waals surface area contributed by atoms with Gasteiger partial charge in [-0.1, -0.05) is 0 Å². The number of aliphatic hydroxyl groups is 1. The Hall–Kier alpha value is -2.42. The summed E-state index contributed by atoms with van der Waals surface area (Å²) in [6, 6.07) is 0.924. The Morgan fingerprint density at radius 3 is 2.28 bits per heavy atom. The summed E-state index contributed by atoms with van der Waals surface area (Å²) in [7, 11) is 1.07. The Labute approximate surface area is 101 Å². The van der Waals surface area contributed by atoms with Crippen molar-refractivity contribution < 1.29 is 19.7 Å². The van der Waals surface area contributed by atoms with E-state index < -0.39 is 33.1 Å². The molecule has 1 rings (SSSR count). The van der Waals surface area contributed by atoms with Gasteiger partial charge in [0.05, 0.1) is 34.3 Å². The molecule has 0 saturated carbocycles. The van der Waals surface area contributed by atoms with Gasteiger partial charge in [0, 0.05) is 6.07 Å². The van der Waals surface area contributed by atoms with Crippen LogP contribution in [0.3, 0.4) is 0 Å². The van der Waals surface area contributed by atoms with Gasteiger partial charge in [-0.25, -0.2) is 0 Å². The van der Waals surface area contributed by atoms with Crippen LogP contribution in [-0.4, -0.2) is 22.1 Å². The predicted octanol–water partition coefficient (Wildman–Crippen LogP) is 1.15. The number of hydrogen-bond donors (Lipinski definition) is 2. The lowest BCUT2D eigenvalue weighted by Crippen LogP contribution is -2.08. The minimum Gasteiger partial charge on any atom is -0.485 e. The average molecular weight is 257 g/mol. The maximum Gasteiger partial charge on any atom is 0.326 e. The summed E-state index contributed by atoms with van der Waals surface area (Å²) >= 11 is 0. The SMILES string of the molecule is COc1c([N+](=O)[O-])cc(N)c(C(C)O)c1[N+](=O)[O-]. The maximum atomic E-state index is 11.0. The third-order valence-electron chi connectivity index (χ3n) is 2.31. The monoisotopic (exact) mass is 257 g/mol. The molecule has 0 aliphatic rings. The molecule has 0 heterocycles. The summed E-state index contributed by atoms with van der Waals surface area (Å²) in [6.07, 6.45) is -1.25. The highest BCUT2D eigenvalue weighted by molar-refractivity contribution is 5.73. The van der Waals surface area contributed by atoms with Gasteiger partial charge in [-0.05, 0) is 6.92 Å². The Bertz CT molecular complexity index is 514. The molecule has 0 radical (unpaired) electrons. The van der Waals surface area contributed by atoms with Crippen molar-refractivity contribution in [1.29, 1.82) is 0 Å². The van der Waals surface area contributed by atoms with Crippen LogP contribution >= 0.6 is 0 Å². The van der Waals surface area contributed by atoms with Gasteiger partial charge < -0.3 is 15.6 Å². The molecule has 1 aromatic rings. The highest BCUT2D eigenvalue weighted by Gasteiger charge is 2.34. The third-order valence-corrected chi connectivity index (χ3v) is 2.31. The van der Waals surface area contributed by atoms with Crippen LogP contribution in [0.5, 0.6) is 5.75 Å². The second kappa shape index (κ2) is 4.84. The van der Waals surface area contributed by atoms with Gasteiger partial charge in [0.1, 0.15) is 0 Å². The number of anilines is 1. The molecule has 1 atom stereocenters. The largest absolute Gasteiger partial charge is 0.485 e. The molecule has 0 aliphatic heterocycles. The van der Waals surface area contributed by atoms with E-state index in [0.29, 0.717) is 0 Å². The van der Waals surface area contributed by atoms with Crippen molar-refractivity contribution in [3.05, 3.63) is 31.9 Å². The van der Waals surface area contributed by atoms with Crippen LogP contribution in [0, 0.1) is 20.2 Å². The highest BCUT2D eigenvalue weighted by atomic mass is 16.6. The van der Waals surface area contributed by atoms with Crippen LogP contribution in [0.25, 0.3) is 0 Å². The Kier molecular flexibility index (Phi) is 3.67. The highest BCUT2D eigenvalue weighted by Crippen LogP contribution is 2.44. The maximum absolute atomic E-state index is 11.0. The van der Waals surface area contributed by atoms with E-state index in [9.17, 15) is 25.3 Å². The molecule has 18 heavy (non-hydrogen) atoms. The number of nitrogens with zero attached hydrogens (tertiary/aromatic N) is 2. The van der Waals surface area contributed by atoms with E-state index >= 15 is 0 Å². The Morgan fingerprint density at radius 1 is 1.39 bits per heavy atom. The van der Waals surface area contributed by atoms with Crippen molar-refractivity contribution in [1.82, 2.24) is 0 Å². The molecule has 98 valence electrons. The summed E-state index contributed by atoms with van der Waals surface area (Å²) in [4.78, 5) is 20.0. The molecular weight excluding hydrogens is 246 g/mol. The molecule has 9 nitrogen and oxygen atoms in total. The molecule has 1 aromatic carbocycles. The van der Waals surface area contributed by atoms with E-state index in [0.717, 1.165) is 13.2 Å². The summed E-state index contributed by atoms with van der Waals surface area (Å²) in [5.74, 6) is -0.532. The summed E-state index contributed by atoms with van der Waals surface area (Å²) in [6.45, 7) is 1.27. The fourth-order valence-electron chi connectivity index (χ4n) is 1.63. The lowest BCUT2D eigenvalue weighted by Gasteiger charge is -2.12. The zero-order chi connectivity index (χ0) is 14.0. The van der Waals surface area contributed by atoms with Crippen LogP contribution < -0.4 is 10.5 Å². The predicted molar refractivity (Wildman–Crippen MR) is 61.3 cm³/mol. The van der Waals surface area contributed by atoms with E-state index in [1.165, 1.54) is 6.92 Å². The smallest absolute Gasteiger partial charge is 0.326 e. The van der Waals surface area contributed by atoms with Crippen molar-refractivity contribution in [3.8, 4) is 5.75 Å². The fourth-order valence-corrected chi connectivity index (χ4v) is 1.63. The zero-order valence-electron chi connectivity index (χ0n) is 9.61. The molecule has 0 bridgehead atoms. The van der Waals surface area contributed by atoms with Crippen molar-refractivity contribution in [3.63, 3.8) is 0 Å². The number of nitrogens with two attached hydrogens (primary N) is 1. The number of rotatable bonds is 4. The first-order valence-corrected chi connectivity index (χ1v) is 4.78. The average Bonchev–Trinajstić information content (AvgIpc) is 2.26. The standard InChI is InChI=1S/C9H11N3O6/c1-4(13)7-5(10)3-6(11(14)15)9(18-2)8(7)12(16)17/h3-4,13H,10H2,1-2H3. The van der Waals surface area contributed by atoms with E-state index in [1.807, 2.05) is 0 Å². The molecule has 1 unspecified atom stereocenters. The number of nitro benzene ring substituents is 2. The first-order chi connectivity index (χ1) is 8.31. The molecule has 0 amide bonds. The molecule has 9 heteroatoms. The van der Waals surface area contributed by atoms with Crippen LogP contribution in [0.1, 0.15) is 18.6 Å². The number of hydrogen-bond acceptors (Lipinski definition) is 7. The normalized spacial score (nSPS) is 11.9. The van der Waals surface area contributed by atoms with Gasteiger partial charge in [-0.15, -0.1) is 0 Å². The van der Waals surface area contributed by atoms with Crippen LogP contribution in [0.4, 0.5) is 17.1 Å². The minimum absolute atomic E-state index is 0.206. The topological polar surface area (TPSA) is 142 Å². The van der Waals surface area contributed by atoms with Crippen molar-refractivity contribution in [2.45, 2.75) is 13.0 Å². The Morgan fingerprint density at radius 2 is 1.94 bits per heavy atom. The van der Waals surface area contributed by atoms with Gasteiger partial charge >= 0.3 is 11.4 Å². The van der Waals surface area contributed by atoms with Gasteiger partial charge in [-0.2, -0.15) is 0 Å². The molecule has 0 spiro atoms. The molecule has 0 aromatic heterocycles. The van der Waals surface area contributed by atoms with E-state index in [1.54, 1.807) is 0 Å². The van der Waals surface area contributed by atoms with E-state index in [-0.39, 0.29) is 11.3 Å². The first kappa shape index (κ1) is 13.6. The van der Waals surface area contributed by atoms with Crippen LogP contribution in [0.15, 0.2) is 6.07 Å². The molecule has 3 N–H and O–H groups in total. The fraction of sp³-hybridized carbons (Fsp3) is 0.333. The summed E-state index contributed by atoms with van der Waals surface area (Å²) in [5.41, 5.74) is 3.75. The molecule has 0 fully saturated rings. The number of ether oxygens (including phenoxy) is 1. The van der Waals surface area contributed by atoms with Crippen LogP contribution in [-0.2, 0) is 0 Å². The zero-order valence-corrected chi connectivity index (χ0v) is 9.61. The van der Waals surface area contributed by atoms with Crippen molar-refractivity contribution in [2.75, 3.05) is 12.8 Å². The quantitative estimate of drug-likeness (QED) is 0.467. The second-order valence-corrected chi connectivity index (χ2v) is 3.47. The number of nitro groups is 2. The number of nitrogen functional groups attached to an aromatic ring is 1. The molecule has 0 saturated heterocycles. The molecular formula is C9H11N3O6. The van der Waals surface area contributed by atoms with Gasteiger partial charge in [0.2, 0.25) is 0 Å². The third kappa shape index (κ3) is 2.15. The summed E-state index contributed by atoms with van der Waals surface area (Å²) < 4.78 is 4.69. The van der Waals surface area contributed by atoms with Crippen molar-refractivity contribution in [2.24, 2.45) is 0 Å². The summed E-state index contributed by atoms with van der Waals surface area (Å²) in [5, 5.41) is 31.2. The number of methoxy groups -OCH3 is 1. The van der Waals surface area contributed by atoms with Gasteiger partial charge in [0.25, 0.3) is 5.75 Å². The van der Waals surface area contributed by atoms with E-state index in [4.69, 9.17) is 10.5 Å². The van der Waals surface area contributed by atoms with E-state index in [2.05, 4.69) is 0 Å². The lowest BCUT2D eigenvalue weighted by atomic mass is 10.0. The number of benzene rings is 1. The first-order valence-electron chi connectivity index (χ1n) is 4.78. The van der Waals surface area contributed by atoms with Gasteiger partial charge in [-0.3, -0.25) is 20.2 Å². The minimum atomic E-state index is -1.25. The second-order valence-electron chi connectivity index (χ2n) is 3.47. The van der Waals surface area contributed by atoms with Crippen LogP contribution in [0.2, 0.25) is 0 Å². The lowest BCUT2D eigenvalue weighted by molar-refractivity contribution is -0.396. The Balaban J connectivity index is 3.78. The molecule has 0 aliphatic carbocycles. The number of aliphatic hydroxyl groups excluding tert-OH is 1.